The number of nitrogens with one attached hydrogen (secondary N) is 1. The van der Waals surface area contributed by atoms with E-state index in [9.17, 15) is 23.2 Å². The molecule has 8 nitrogen and oxygen atoms in total. The molecule has 31 heavy (non-hydrogen) atoms. The quantitative estimate of drug-likeness (QED) is 0.595. The molecule has 1 heterocycles. The number of piperazine rings is 1. The lowest BCUT2D eigenvalue weighted by molar-refractivity contribution is -0.136. The van der Waals surface area contributed by atoms with Crippen molar-refractivity contribution in [2.75, 3.05) is 32.8 Å². The first kappa shape index (κ1) is 24.4. The molecule has 1 saturated heterocycles. The van der Waals surface area contributed by atoms with Crippen molar-refractivity contribution in [3.05, 3.63) is 35.9 Å². The van der Waals surface area contributed by atoms with Gasteiger partial charge in [-0.3, -0.25) is 4.79 Å². The summed E-state index contributed by atoms with van der Waals surface area (Å²) in [5.41, 5.74) is 0.733. The number of nitrogens with zero attached hydrogens (tertiary/aromatic N) is 2. The number of carbonyl (C=O) groups is 3. The number of alkyl carbamates (subject to hydrolysis) is 1. The van der Waals surface area contributed by atoms with Crippen LogP contribution in [0.25, 0.3) is 0 Å². The Balaban J connectivity index is 1.85. The molecule has 1 unspecified atom stereocenters. The van der Waals surface area contributed by atoms with Crippen LogP contribution in [-0.4, -0.2) is 73.1 Å². The maximum Gasteiger partial charge on any atom is 0.409 e. The molecule has 2 rings (SSSR count). The first-order valence-corrected chi connectivity index (χ1v) is 10.4. The van der Waals surface area contributed by atoms with Gasteiger partial charge < -0.3 is 24.6 Å². The van der Waals surface area contributed by atoms with Gasteiger partial charge in [0.2, 0.25) is 12.3 Å². The van der Waals surface area contributed by atoms with Gasteiger partial charge in [-0.05, 0) is 12.0 Å². The van der Waals surface area contributed by atoms with E-state index in [1.165, 1.54) is 9.80 Å². The maximum absolute atomic E-state index is 13.0. The summed E-state index contributed by atoms with van der Waals surface area (Å²) >= 11 is 0. The fourth-order valence-electron chi connectivity index (χ4n) is 3.03. The molecule has 1 aliphatic rings. The Morgan fingerprint density at radius 3 is 2.29 bits per heavy atom. The van der Waals surface area contributed by atoms with Crippen LogP contribution in [0.4, 0.5) is 18.4 Å². The highest BCUT2D eigenvalue weighted by atomic mass is 19.3. The SMILES string of the molecule is CCCCOC(=O)N1CCN(C(=O)C(CC(F)F)NC(=O)OCc2ccccc2)CC1. The Bertz CT molecular complexity index is 712. The van der Waals surface area contributed by atoms with Gasteiger partial charge in [-0.25, -0.2) is 18.4 Å². The first-order chi connectivity index (χ1) is 14.9. The normalized spacial score (nSPS) is 14.8. The molecular formula is C21H29F2N3O5. The van der Waals surface area contributed by atoms with Crippen molar-refractivity contribution in [3.8, 4) is 0 Å². The average Bonchev–Trinajstić information content (AvgIpc) is 2.77. The van der Waals surface area contributed by atoms with Crippen LogP contribution in [0.2, 0.25) is 0 Å². The second-order valence-corrected chi connectivity index (χ2v) is 7.17. The summed E-state index contributed by atoms with van der Waals surface area (Å²) in [6.07, 6.45) is -3.32. The van der Waals surface area contributed by atoms with E-state index in [4.69, 9.17) is 9.47 Å². The van der Waals surface area contributed by atoms with Gasteiger partial charge in [-0.2, -0.15) is 0 Å². The van der Waals surface area contributed by atoms with Crippen LogP contribution in [0, 0.1) is 0 Å². The Morgan fingerprint density at radius 2 is 1.68 bits per heavy atom. The molecule has 0 spiro atoms. The van der Waals surface area contributed by atoms with Gasteiger partial charge in [0.05, 0.1) is 6.61 Å². The summed E-state index contributed by atoms with van der Waals surface area (Å²) in [5, 5.41) is 2.25. The summed E-state index contributed by atoms with van der Waals surface area (Å²) in [7, 11) is 0. The number of amides is 3. The van der Waals surface area contributed by atoms with Crippen molar-refractivity contribution in [1.82, 2.24) is 15.1 Å². The van der Waals surface area contributed by atoms with E-state index in [-0.39, 0.29) is 32.8 Å². The minimum atomic E-state index is -2.78. The summed E-state index contributed by atoms with van der Waals surface area (Å²) in [5.74, 6) is -0.629. The van der Waals surface area contributed by atoms with Crippen LogP contribution in [0.5, 0.6) is 0 Å². The Morgan fingerprint density at radius 1 is 1.03 bits per heavy atom. The largest absolute Gasteiger partial charge is 0.449 e. The lowest BCUT2D eigenvalue weighted by Crippen LogP contribution is -2.56. The van der Waals surface area contributed by atoms with Gasteiger partial charge in [-0.1, -0.05) is 43.7 Å². The van der Waals surface area contributed by atoms with Crippen LogP contribution in [0.3, 0.4) is 0 Å². The molecule has 1 N–H and O–H groups in total. The molecule has 0 aromatic heterocycles. The molecule has 1 aromatic carbocycles. The third-order valence-electron chi connectivity index (χ3n) is 4.79. The zero-order chi connectivity index (χ0) is 22.6. The first-order valence-electron chi connectivity index (χ1n) is 10.4. The van der Waals surface area contributed by atoms with E-state index in [1.807, 2.05) is 13.0 Å². The minimum absolute atomic E-state index is 0.0406. The van der Waals surface area contributed by atoms with E-state index >= 15 is 0 Å². The second kappa shape index (κ2) is 12.7. The molecule has 0 saturated carbocycles. The number of halogens is 2. The molecule has 3 amide bonds. The van der Waals surface area contributed by atoms with Gasteiger partial charge in [0.25, 0.3) is 0 Å². The molecule has 1 atom stereocenters. The molecule has 1 aliphatic heterocycles. The fourth-order valence-corrected chi connectivity index (χ4v) is 3.03. The lowest BCUT2D eigenvalue weighted by atomic mass is 10.1. The number of hydrogen-bond donors (Lipinski definition) is 1. The molecule has 172 valence electrons. The zero-order valence-corrected chi connectivity index (χ0v) is 17.6. The number of ether oxygens (including phenoxy) is 2. The van der Waals surface area contributed by atoms with Gasteiger partial charge in [0.1, 0.15) is 12.6 Å². The molecule has 1 aromatic rings. The van der Waals surface area contributed by atoms with Crippen LogP contribution in [-0.2, 0) is 20.9 Å². The number of rotatable bonds is 9. The highest BCUT2D eigenvalue weighted by Crippen LogP contribution is 2.12. The summed E-state index contributed by atoms with van der Waals surface area (Å²) in [6, 6.07) is 7.46. The number of unbranched alkanes of at least 4 members (excludes halogenated alkanes) is 1. The van der Waals surface area contributed by atoms with Gasteiger partial charge in [0.15, 0.2) is 0 Å². The lowest BCUT2D eigenvalue weighted by Gasteiger charge is -2.35. The van der Waals surface area contributed by atoms with E-state index in [2.05, 4.69) is 5.32 Å². The number of hydrogen-bond acceptors (Lipinski definition) is 5. The van der Waals surface area contributed by atoms with Crippen molar-refractivity contribution in [2.45, 2.75) is 45.3 Å². The van der Waals surface area contributed by atoms with Crippen molar-refractivity contribution in [1.29, 1.82) is 0 Å². The monoisotopic (exact) mass is 441 g/mol. The smallest absolute Gasteiger partial charge is 0.409 e. The average molecular weight is 441 g/mol. The van der Waals surface area contributed by atoms with Crippen molar-refractivity contribution < 1.29 is 32.6 Å². The number of alkyl halides is 2. The van der Waals surface area contributed by atoms with E-state index in [1.54, 1.807) is 24.3 Å². The predicted octanol–water partition coefficient (Wildman–Crippen LogP) is 3.02. The summed E-state index contributed by atoms with van der Waals surface area (Å²) < 4.78 is 36.2. The summed E-state index contributed by atoms with van der Waals surface area (Å²) in [6.45, 7) is 3.08. The Hall–Kier alpha value is -2.91. The van der Waals surface area contributed by atoms with Gasteiger partial charge in [-0.15, -0.1) is 0 Å². The molecular weight excluding hydrogens is 412 g/mol. The number of benzene rings is 1. The molecule has 10 heteroatoms. The third-order valence-corrected chi connectivity index (χ3v) is 4.79. The maximum atomic E-state index is 13.0. The molecule has 0 radical (unpaired) electrons. The zero-order valence-electron chi connectivity index (χ0n) is 17.6. The summed E-state index contributed by atoms with van der Waals surface area (Å²) in [4.78, 5) is 39.6. The van der Waals surface area contributed by atoms with Crippen LogP contribution < -0.4 is 5.32 Å². The van der Waals surface area contributed by atoms with E-state index < -0.39 is 37.0 Å². The standard InChI is InChI=1S/C21H29F2N3O5/c1-2-3-13-30-21(29)26-11-9-25(10-12-26)19(27)17(14-18(22)23)24-20(28)31-15-16-7-5-4-6-8-16/h4-8,17-18H,2-3,9-15H2,1H3,(H,24,28). The molecule has 0 bridgehead atoms. The Labute approximate surface area is 180 Å². The Kier molecular flexibility index (Phi) is 9.99. The topological polar surface area (TPSA) is 88.2 Å². The molecule has 0 aliphatic carbocycles. The minimum Gasteiger partial charge on any atom is -0.449 e. The molecule has 1 fully saturated rings. The van der Waals surface area contributed by atoms with Crippen molar-refractivity contribution in [2.24, 2.45) is 0 Å². The van der Waals surface area contributed by atoms with E-state index in [0.29, 0.717) is 6.61 Å². The van der Waals surface area contributed by atoms with E-state index in [0.717, 1.165) is 18.4 Å². The van der Waals surface area contributed by atoms with Gasteiger partial charge in [0, 0.05) is 32.6 Å². The van der Waals surface area contributed by atoms with Crippen molar-refractivity contribution >= 4 is 18.1 Å². The second-order valence-electron chi connectivity index (χ2n) is 7.17. The predicted molar refractivity (Wildman–Crippen MR) is 109 cm³/mol. The van der Waals surface area contributed by atoms with Crippen LogP contribution in [0.1, 0.15) is 31.7 Å². The highest BCUT2D eigenvalue weighted by Gasteiger charge is 2.32. The van der Waals surface area contributed by atoms with Gasteiger partial charge >= 0.3 is 12.2 Å². The number of carbonyl (C=O) groups excluding carboxylic acids is 3. The van der Waals surface area contributed by atoms with Crippen LogP contribution in [0.15, 0.2) is 30.3 Å². The van der Waals surface area contributed by atoms with Crippen LogP contribution >= 0.6 is 0 Å². The third kappa shape index (κ3) is 8.39. The highest BCUT2D eigenvalue weighted by molar-refractivity contribution is 5.86. The van der Waals surface area contributed by atoms with Crippen molar-refractivity contribution in [3.63, 3.8) is 0 Å². The fraction of sp³-hybridized carbons (Fsp3) is 0.571.